The van der Waals surface area contributed by atoms with Gasteiger partial charge in [0.05, 0.1) is 5.56 Å². The molecule has 1 aliphatic rings. The molecule has 0 radical (unpaired) electrons. The number of benzene rings is 1. The first-order valence-electron chi connectivity index (χ1n) is 5.46. The lowest BCUT2D eigenvalue weighted by Crippen LogP contribution is -2.24. The molecule has 1 heterocycles. The van der Waals surface area contributed by atoms with Gasteiger partial charge in [0.25, 0.3) is 11.8 Å². The second kappa shape index (κ2) is 6.46. The molecule has 0 spiro atoms. The quantitative estimate of drug-likeness (QED) is 0.623. The van der Waals surface area contributed by atoms with Crippen molar-refractivity contribution in [2.75, 3.05) is 0 Å². The van der Waals surface area contributed by atoms with Crippen molar-refractivity contribution in [3.63, 3.8) is 0 Å². The first-order chi connectivity index (χ1) is 8.95. The molecule has 2 amide bonds. The number of rotatable bonds is 2. The number of imide groups is 1. The lowest BCUT2D eigenvalue weighted by Gasteiger charge is -1.98. The summed E-state index contributed by atoms with van der Waals surface area (Å²) < 4.78 is 0. The second-order valence-corrected chi connectivity index (χ2v) is 3.73. The van der Waals surface area contributed by atoms with E-state index in [2.05, 4.69) is 6.58 Å². The largest absolute Gasteiger partial charge is 0.478 e. The van der Waals surface area contributed by atoms with E-state index in [1.165, 1.54) is 0 Å². The van der Waals surface area contributed by atoms with Crippen LogP contribution in [0.15, 0.2) is 30.8 Å². The number of carbonyl (C=O) groups excluding carboxylic acids is 2. The fourth-order valence-electron chi connectivity index (χ4n) is 1.33. The molecule has 2 N–H and O–H groups in total. The van der Waals surface area contributed by atoms with E-state index in [1.807, 2.05) is 0 Å². The van der Waals surface area contributed by atoms with Gasteiger partial charge in [-0.25, -0.2) is 4.79 Å². The number of hydroxylamine groups is 2. The van der Waals surface area contributed by atoms with Crippen molar-refractivity contribution in [2.24, 2.45) is 0 Å². The monoisotopic (exact) mass is 263 g/mol. The van der Waals surface area contributed by atoms with Crippen LogP contribution in [0.3, 0.4) is 0 Å². The Hall–Kier alpha value is -2.47. The molecule has 2 rings (SSSR count). The highest BCUT2D eigenvalue weighted by Crippen LogP contribution is 2.07. The van der Waals surface area contributed by atoms with Gasteiger partial charge in [-0.15, -0.1) is 0 Å². The molecule has 19 heavy (non-hydrogen) atoms. The minimum Gasteiger partial charge on any atom is -0.478 e. The molecular weight excluding hydrogens is 250 g/mol. The number of aromatic carboxylic acids is 1. The lowest BCUT2D eigenvalue weighted by atomic mass is 10.1. The Kier molecular flexibility index (Phi) is 4.96. The van der Waals surface area contributed by atoms with Gasteiger partial charge in [0.1, 0.15) is 0 Å². The number of hydrogen-bond donors (Lipinski definition) is 2. The molecule has 0 bridgehead atoms. The van der Waals surface area contributed by atoms with Crippen molar-refractivity contribution in [3.8, 4) is 0 Å². The Morgan fingerprint density at radius 1 is 1.16 bits per heavy atom. The third-order valence-corrected chi connectivity index (χ3v) is 2.42. The van der Waals surface area contributed by atoms with Gasteiger partial charge in [-0.05, 0) is 17.7 Å². The molecule has 1 saturated heterocycles. The fraction of sp³-hybridized carbons (Fsp3) is 0.154. The smallest absolute Gasteiger partial charge is 0.335 e. The van der Waals surface area contributed by atoms with Crippen molar-refractivity contribution in [1.29, 1.82) is 0 Å². The standard InChI is InChI=1S/C9H8O2.C4H5NO3/c1-2-7-3-5-8(6-4-7)9(10)11;6-3-1-2-4(7)5(3)8/h2-6H,1H2,(H,10,11);8H,1-2H2. The zero-order valence-corrected chi connectivity index (χ0v) is 10.1. The van der Waals surface area contributed by atoms with Gasteiger partial charge < -0.3 is 5.11 Å². The van der Waals surface area contributed by atoms with Crippen molar-refractivity contribution in [2.45, 2.75) is 12.8 Å². The molecule has 100 valence electrons. The van der Waals surface area contributed by atoms with Crippen LogP contribution in [0.1, 0.15) is 28.8 Å². The predicted molar refractivity (Wildman–Crippen MR) is 66.4 cm³/mol. The minimum atomic E-state index is -0.902. The van der Waals surface area contributed by atoms with Crippen LogP contribution < -0.4 is 0 Å². The van der Waals surface area contributed by atoms with E-state index < -0.39 is 17.8 Å². The average Bonchev–Trinajstić information content (AvgIpc) is 2.71. The number of hydrogen-bond acceptors (Lipinski definition) is 4. The molecule has 6 heteroatoms. The van der Waals surface area contributed by atoms with E-state index in [0.717, 1.165) is 5.56 Å². The predicted octanol–water partition coefficient (Wildman–Crippen LogP) is 1.55. The SMILES string of the molecule is C=Cc1ccc(C(=O)O)cc1.O=C1CCC(=O)N1O. The van der Waals surface area contributed by atoms with E-state index >= 15 is 0 Å². The summed E-state index contributed by atoms with van der Waals surface area (Å²) in [5.74, 6) is -1.91. The van der Waals surface area contributed by atoms with Gasteiger partial charge in [0.2, 0.25) is 0 Å². The molecule has 6 nitrogen and oxygen atoms in total. The first kappa shape index (κ1) is 14.6. The number of carboxylic acid groups (broad SMARTS) is 1. The van der Waals surface area contributed by atoms with Crippen molar-refractivity contribution < 1.29 is 24.7 Å². The first-order valence-corrected chi connectivity index (χ1v) is 5.46. The Morgan fingerprint density at radius 3 is 1.89 bits per heavy atom. The maximum atomic E-state index is 10.4. The van der Waals surface area contributed by atoms with Crippen LogP contribution >= 0.6 is 0 Å². The lowest BCUT2D eigenvalue weighted by molar-refractivity contribution is -0.171. The maximum Gasteiger partial charge on any atom is 0.335 e. The summed E-state index contributed by atoms with van der Waals surface area (Å²) >= 11 is 0. The number of carbonyl (C=O) groups is 3. The van der Waals surface area contributed by atoms with E-state index in [9.17, 15) is 14.4 Å². The van der Waals surface area contributed by atoms with Crippen LogP contribution in [0.4, 0.5) is 0 Å². The molecule has 1 aromatic carbocycles. The minimum absolute atomic E-state index is 0.148. The molecular formula is C13H13NO5. The van der Waals surface area contributed by atoms with E-state index in [4.69, 9.17) is 10.3 Å². The number of nitrogens with zero attached hydrogens (tertiary/aromatic N) is 1. The topological polar surface area (TPSA) is 94.9 Å². The van der Waals surface area contributed by atoms with Gasteiger partial charge in [-0.1, -0.05) is 24.8 Å². The molecule has 1 fully saturated rings. The van der Waals surface area contributed by atoms with Gasteiger partial charge in [0, 0.05) is 12.8 Å². The van der Waals surface area contributed by atoms with Gasteiger partial charge in [0.15, 0.2) is 0 Å². The van der Waals surface area contributed by atoms with Gasteiger partial charge in [-0.3, -0.25) is 14.8 Å². The molecule has 0 unspecified atom stereocenters. The Balaban J connectivity index is 0.000000200. The normalized spacial score (nSPS) is 13.8. The van der Waals surface area contributed by atoms with Crippen LogP contribution in [0.2, 0.25) is 0 Å². The molecule has 0 aromatic heterocycles. The average molecular weight is 263 g/mol. The van der Waals surface area contributed by atoms with Crippen molar-refractivity contribution >= 4 is 23.9 Å². The summed E-state index contributed by atoms with van der Waals surface area (Å²) in [7, 11) is 0. The number of carboxylic acids is 1. The Morgan fingerprint density at radius 2 is 1.63 bits per heavy atom. The highest BCUT2D eigenvalue weighted by atomic mass is 16.5. The van der Waals surface area contributed by atoms with E-state index in [-0.39, 0.29) is 17.9 Å². The molecule has 0 aliphatic carbocycles. The summed E-state index contributed by atoms with van der Waals surface area (Å²) in [5.41, 5.74) is 1.23. The van der Waals surface area contributed by atoms with Crippen LogP contribution in [0.5, 0.6) is 0 Å². The van der Waals surface area contributed by atoms with Crippen LogP contribution in [-0.4, -0.2) is 33.2 Å². The highest BCUT2D eigenvalue weighted by molar-refractivity contribution is 6.00. The highest BCUT2D eigenvalue weighted by Gasteiger charge is 2.26. The zero-order chi connectivity index (χ0) is 14.4. The summed E-state index contributed by atoms with van der Waals surface area (Å²) in [6.45, 7) is 3.56. The fourth-order valence-corrected chi connectivity index (χ4v) is 1.33. The van der Waals surface area contributed by atoms with Gasteiger partial charge >= 0.3 is 5.97 Å². The molecule has 0 saturated carbocycles. The maximum absolute atomic E-state index is 10.4. The van der Waals surface area contributed by atoms with Gasteiger partial charge in [-0.2, -0.15) is 5.06 Å². The molecule has 0 atom stereocenters. The van der Waals surface area contributed by atoms with Crippen LogP contribution in [0.25, 0.3) is 6.08 Å². The zero-order valence-electron chi connectivity index (χ0n) is 10.1. The Labute approximate surface area is 109 Å². The number of amides is 2. The summed E-state index contributed by atoms with van der Waals surface area (Å²) in [6, 6.07) is 6.55. The third-order valence-electron chi connectivity index (χ3n) is 2.42. The van der Waals surface area contributed by atoms with Crippen LogP contribution in [0, 0.1) is 0 Å². The van der Waals surface area contributed by atoms with E-state index in [0.29, 0.717) is 5.56 Å². The van der Waals surface area contributed by atoms with Crippen molar-refractivity contribution in [3.05, 3.63) is 42.0 Å². The van der Waals surface area contributed by atoms with Crippen molar-refractivity contribution in [1.82, 2.24) is 5.06 Å². The summed E-state index contributed by atoms with van der Waals surface area (Å²) in [6.07, 6.45) is 1.97. The second-order valence-electron chi connectivity index (χ2n) is 3.73. The summed E-state index contributed by atoms with van der Waals surface area (Å²) in [5, 5.41) is 17.1. The third kappa shape index (κ3) is 4.04. The summed E-state index contributed by atoms with van der Waals surface area (Å²) in [4.78, 5) is 30.9. The van der Waals surface area contributed by atoms with E-state index in [1.54, 1.807) is 30.3 Å². The molecule has 1 aromatic rings. The van der Waals surface area contributed by atoms with Crippen LogP contribution in [-0.2, 0) is 9.59 Å². The Bertz CT molecular complexity index is 490. The molecule has 1 aliphatic heterocycles.